The smallest absolute Gasteiger partial charge is 0.140 e. The standard InChI is InChI=1S/C14H12FN3/c15-13-3-1-11(2-4-13)9-17-10-12-5-6-18-14(7-12)8-16/h1-7,17H,9-10H2. The van der Waals surface area contributed by atoms with E-state index in [2.05, 4.69) is 10.3 Å². The number of benzene rings is 1. The van der Waals surface area contributed by atoms with Gasteiger partial charge in [0.1, 0.15) is 17.6 Å². The fraction of sp³-hybridized carbons (Fsp3) is 0.143. The van der Waals surface area contributed by atoms with E-state index in [0.29, 0.717) is 18.8 Å². The molecule has 0 atom stereocenters. The summed E-state index contributed by atoms with van der Waals surface area (Å²) in [5.41, 5.74) is 2.44. The van der Waals surface area contributed by atoms with Gasteiger partial charge in [-0.3, -0.25) is 0 Å². The summed E-state index contributed by atoms with van der Waals surface area (Å²) in [6.07, 6.45) is 1.62. The second-order valence-corrected chi connectivity index (χ2v) is 3.89. The van der Waals surface area contributed by atoms with Crippen molar-refractivity contribution in [3.05, 3.63) is 65.2 Å². The molecule has 0 spiro atoms. The number of hydrogen-bond acceptors (Lipinski definition) is 3. The van der Waals surface area contributed by atoms with Gasteiger partial charge in [-0.05, 0) is 35.4 Å². The van der Waals surface area contributed by atoms with Crippen molar-refractivity contribution in [2.24, 2.45) is 0 Å². The minimum absolute atomic E-state index is 0.230. The van der Waals surface area contributed by atoms with Crippen molar-refractivity contribution < 1.29 is 4.39 Å². The van der Waals surface area contributed by atoms with Crippen molar-refractivity contribution >= 4 is 0 Å². The van der Waals surface area contributed by atoms with Gasteiger partial charge in [-0.2, -0.15) is 5.26 Å². The van der Waals surface area contributed by atoms with E-state index in [1.807, 2.05) is 12.1 Å². The van der Waals surface area contributed by atoms with Crippen LogP contribution in [0.4, 0.5) is 4.39 Å². The average Bonchev–Trinajstić information content (AvgIpc) is 2.41. The van der Waals surface area contributed by atoms with Crippen LogP contribution in [0.2, 0.25) is 0 Å². The highest BCUT2D eigenvalue weighted by atomic mass is 19.1. The third kappa shape index (κ3) is 3.37. The maximum absolute atomic E-state index is 12.7. The van der Waals surface area contributed by atoms with Gasteiger partial charge < -0.3 is 5.32 Å². The Kier molecular flexibility index (Phi) is 4.00. The second kappa shape index (κ2) is 5.89. The summed E-state index contributed by atoms with van der Waals surface area (Å²) >= 11 is 0. The Hall–Kier alpha value is -2.25. The van der Waals surface area contributed by atoms with E-state index >= 15 is 0 Å². The molecule has 0 bridgehead atoms. The summed E-state index contributed by atoms with van der Waals surface area (Å²) in [5.74, 6) is -0.230. The minimum Gasteiger partial charge on any atom is -0.309 e. The van der Waals surface area contributed by atoms with Gasteiger partial charge in [0.2, 0.25) is 0 Å². The van der Waals surface area contributed by atoms with E-state index in [1.54, 1.807) is 24.4 Å². The number of nitrogens with one attached hydrogen (secondary N) is 1. The molecule has 0 saturated carbocycles. The van der Waals surface area contributed by atoms with Crippen LogP contribution in [0.15, 0.2) is 42.6 Å². The third-order valence-electron chi connectivity index (χ3n) is 2.51. The van der Waals surface area contributed by atoms with E-state index in [0.717, 1.165) is 11.1 Å². The number of aromatic nitrogens is 1. The highest BCUT2D eigenvalue weighted by Crippen LogP contribution is 2.04. The first kappa shape index (κ1) is 12.2. The van der Waals surface area contributed by atoms with Crippen molar-refractivity contribution in [1.82, 2.24) is 10.3 Å². The van der Waals surface area contributed by atoms with Crippen molar-refractivity contribution in [3.63, 3.8) is 0 Å². The zero-order valence-corrected chi connectivity index (χ0v) is 9.73. The van der Waals surface area contributed by atoms with Gasteiger partial charge in [0, 0.05) is 19.3 Å². The topological polar surface area (TPSA) is 48.7 Å². The van der Waals surface area contributed by atoms with Crippen LogP contribution >= 0.6 is 0 Å². The second-order valence-electron chi connectivity index (χ2n) is 3.89. The first-order chi connectivity index (χ1) is 8.78. The van der Waals surface area contributed by atoms with Gasteiger partial charge in [0.25, 0.3) is 0 Å². The van der Waals surface area contributed by atoms with Crippen molar-refractivity contribution in [3.8, 4) is 6.07 Å². The molecule has 1 heterocycles. The quantitative estimate of drug-likeness (QED) is 0.894. The van der Waals surface area contributed by atoms with Gasteiger partial charge in [-0.15, -0.1) is 0 Å². The Bertz CT molecular complexity index is 558. The Morgan fingerprint density at radius 2 is 1.83 bits per heavy atom. The molecule has 4 heteroatoms. The number of halogens is 1. The van der Waals surface area contributed by atoms with Gasteiger partial charge in [-0.25, -0.2) is 9.37 Å². The summed E-state index contributed by atoms with van der Waals surface area (Å²) in [7, 11) is 0. The lowest BCUT2D eigenvalue weighted by atomic mass is 10.2. The molecule has 0 aliphatic carbocycles. The Morgan fingerprint density at radius 3 is 2.56 bits per heavy atom. The molecule has 0 fully saturated rings. The van der Waals surface area contributed by atoms with E-state index in [-0.39, 0.29) is 5.82 Å². The molecule has 1 aromatic heterocycles. The molecule has 0 aliphatic rings. The molecule has 1 N–H and O–H groups in total. The SMILES string of the molecule is N#Cc1cc(CNCc2ccc(F)cc2)ccn1. The fourth-order valence-corrected chi connectivity index (χ4v) is 1.60. The van der Waals surface area contributed by atoms with Crippen LogP contribution in [-0.4, -0.2) is 4.98 Å². The van der Waals surface area contributed by atoms with E-state index in [9.17, 15) is 4.39 Å². The zero-order valence-electron chi connectivity index (χ0n) is 9.73. The minimum atomic E-state index is -0.230. The van der Waals surface area contributed by atoms with Gasteiger partial charge in [-0.1, -0.05) is 12.1 Å². The molecule has 0 radical (unpaired) electrons. The summed E-state index contributed by atoms with van der Waals surface area (Å²) in [5, 5.41) is 12.0. The van der Waals surface area contributed by atoms with Gasteiger partial charge >= 0.3 is 0 Å². The van der Waals surface area contributed by atoms with Crippen LogP contribution in [0.1, 0.15) is 16.8 Å². The predicted octanol–water partition coefficient (Wildman–Crippen LogP) is 2.38. The van der Waals surface area contributed by atoms with Crippen LogP contribution in [0, 0.1) is 17.1 Å². The van der Waals surface area contributed by atoms with E-state index in [1.165, 1.54) is 12.1 Å². The lowest BCUT2D eigenvalue weighted by Crippen LogP contribution is -2.12. The molecular formula is C14H12FN3. The Balaban J connectivity index is 1.88. The number of nitriles is 1. The van der Waals surface area contributed by atoms with Crippen LogP contribution < -0.4 is 5.32 Å². The Labute approximate surface area is 105 Å². The lowest BCUT2D eigenvalue weighted by Gasteiger charge is -2.05. The van der Waals surface area contributed by atoms with E-state index in [4.69, 9.17) is 5.26 Å². The predicted molar refractivity (Wildman–Crippen MR) is 65.9 cm³/mol. The summed E-state index contributed by atoms with van der Waals surface area (Å²) in [6.45, 7) is 1.30. The monoisotopic (exact) mass is 241 g/mol. The zero-order chi connectivity index (χ0) is 12.8. The Morgan fingerprint density at radius 1 is 1.11 bits per heavy atom. The molecule has 1 aromatic carbocycles. The first-order valence-electron chi connectivity index (χ1n) is 5.58. The third-order valence-corrected chi connectivity index (χ3v) is 2.51. The normalized spacial score (nSPS) is 10.0. The average molecular weight is 241 g/mol. The molecule has 90 valence electrons. The molecule has 0 aliphatic heterocycles. The number of hydrogen-bond donors (Lipinski definition) is 1. The maximum Gasteiger partial charge on any atom is 0.140 e. The number of nitrogens with zero attached hydrogens (tertiary/aromatic N) is 2. The highest BCUT2D eigenvalue weighted by molar-refractivity contribution is 5.25. The molecule has 3 nitrogen and oxygen atoms in total. The molecule has 0 saturated heterocycles. The van der Waals surface area contributed by atoms with Crippen LogP contribution in [-0.2, 0) is 13.1 Å². The number of pyridine rings is 1. The maximum atomic E-state index is 12.7. The molecule has 18 heavy (non-hydrogen) atoms. The summed E-state index contributed by atoms with van der Waals surface area (Å²) in [6, 6.07) is 12.0. The lowest BCUT2D eigenvalue weighted by molar-refractivity contribution is 0.625. The summed E-state index contributed by atoms with van der Waals surface area (Å²) < 4.78 is 12.7. The molecule has 2 rings (SSSR count). The first-order valence-corrected chi connectivity index (χ1v) is 5.58. The molecule has 0 amide bonds. The molecular weight excluding hydrogens is 229 g/mol. The van der Waals surface area contributed by atoms with Crippen molar-refractivity contribution in [1.29, 1.82) is 5.26 Å². The van der Waals surface area contributed by atoms with Crippen LogP contribution in [0.3, 0.4) is 0 Å². The molecule has 0 unspecified atom stereocenters. The van der Waals surface area contributed by atoms with E-state index < -0.39 is 0 Å². The van der Waals surface area contributed by atoms with Crippen molar-refractivity contribution in [2.75, 3.05) is 0 Å². The largest absolute Gasteiger partial charge is 0.309 e. The van der Waals surface area contributed by atoms with Gasteiger partial charge in [0.05, 0.1) is 0 Å². The van der Waals surface area contributed by atoms with Crippen LogP contribution in [0.5, 0.6) is 0 Å². The fourth-order valence-electron chi connectivity index (χ4n) is 1.60. The van der Waals surface area contributed by atoms with Crippen LogP contribution in [0.25, 0.3) is 0 Å². The number of rotatable bonds is 4. The van der Waals surface area contributed by atoms with Crippen molar-refractivity contribution in [2.45, 2.75) is 13.1 Å². The van der Waals surface area contributed by atoms with Gasteiger partial charge in [0.15, 0.2) is 0 Å². The highest BCUT2D eigenvalue weighted by Gasteiger charge is 1.97. The summed E-state index contributed by atoms with van der Waals surface area (Å²) in [4.78, 5) is 3.90. The molecule has 2 aromatic rings.